The monoisotopic (exact) mass is 420 g/mol. The molecule has 1 amide bonds. The van der Waals surface area contributed by atoms with Crippen LogP contribution in [0.1, 0.15) is 34.2 Å². The van der Waals surface area contributed by atoms with Crippen LogP contribution in [0.15, 0.2) is 18.2 Å². The van der Waals surface area contributed by atoms with Gasteiger partial charge in [-0.25, -0.2) is 13.2 Å². The number of aryl methyl sites for hydroxylation is 2. The van der Waals surface area contributed by atoms with Gasteiger partial charge in [-0.05, 0) is 51.0 Å². The number of nitrogens with one attached hydrogen (secondary N) is 1. The molecule has 1 aliphatic rings. The predicted octanol–water partition coefficient (Wildman–Crippen LogP) is 1.54. The predicted molar refractivity (Wildman–Crippen MR) is 109 cm³/mol. The molecule has 0 saturated carbocycles. The number of benzene rings is 1. The summed E-state index contributed by atoms with van der Waals surface area (Å²) in [6, 6.07) is 4.71. The Morgan fingerprint density at radius 3 is 2.55 bits per heavy atom. The summed E-state index contributed by atoms with van der Waals surface area (Å²) in [4.78, 5) is 24.9. The zero-order chi connectivity index (χ0) is 21.5. The van der Waals surface area contributed by atoms with Crippen LogP contribution in [0.2, 0.25) is 0 Å². The molecule has 2 aromatic rings. The number of rotatable bonds is 5. The molecule has 0 radical (unpaired) electrons. The first kappa shape index (κ1) is 20.8. The largest absolute Gasteiger partial charge is 0.449 e. The molecular formula is C19H24N4O5S. The molecule has 1 aliphatic heterocycles. The van der Waals surface area contributed by atoms with E-state index in [1.54, 1.807) is 30.8 Å². The average Bonchev–Trinajstić information content (AvgIpc) is 3.17. The van der Waals surface area contributed by atoms with Crippen molar-refractivity contribution in [3.63, 3.8) is 0 Å². The van der Waals surface area contributed by atoms with E-state index in [1.807, 2.05) is 6.92 Å². The van der Waals surface area contributed by atoms with Gasteiger partial charge in [-0.15, -0.1) is 0 Å². The molecule has 3 rings (SSSR count). The fourth-order valence-electron chi connectivity index (χ4n) is 3.30. The standard InChI is InChI=1S/C19H24N4O5S/c1-11-17(12(2)22(4)21-11)20-18(24)13(3)28-19(25)15-6-7-16-14(10-15)8-9-23(16)29(5,26)27/h6-7,10,13H,8-9H2,1-5H3,(H,20,24)/t13-/m0/s1. The Bertz CT molecular complexity index is 1090. The second-order valence-electron chi connectivity index (χ2n) is 7.13. The van der Waals surface area contributed by atoms with Crippen LogP contribution in [0, 0.1) is 13.8 Å². The van der Waals surface area contributed by atoms with Gasteiger partial charge in [-0.1, -0.05) is 0 Å². The minimum atomic E-state index is -3.36. The molecule has 0 fully saturated rings. The Kier molecular flexibility index (Phi) is 5.40. The van der Waals surface area contributed by atoms with E-state index in [2.05, 4.69) is 10.4 Å². The van der Waals surface area contributed by atoms with Crippen LogP contribution in [0.5, 0.6) is 0 Å². The molecule has 0 unspecified atom stereocenters. The van der Waals surface area contributed by atoms with Crippen molar-refractivity contribution in [3.8, 4) is 0 Å². The second kappa shape index (κ2) is 7.51. The van der Waals surface area contributed by atoms with Gasteiger partial charge in [0.25, 0.3) is 5.91 Å². The van der Waals surface area contributed by atoms with Crippen molar-refractivity contribution in [2.75, 3.05) is 22.4 Å². The maximum Gasteiger partial charge on any atom is 0.338 e. The molecule has 0 spiro atoms. The molecule has 0 bridgehead atoms. The Balaban J connectivity index is 1.69. The van der Waals surface area contributed by atoms with Crippen molar-refractivity contribution < 1.29 is 22.7 Å². The number of hydrogen-bond donors (Lipinski definition) is 1. The average molecular weight is 420 g/mol. The van der Waals surface area contributed by atoms with E-state index in [-0.39, 0.29) is 5.56 Å². The van der Waals surface area contributed by atoms with Gasteiger partial charge in [-0.3, -0.25) is 13.8 Å². The number of amides is 1. The summed E-state index contributed by atoms with van der Waals surface area (Å²) in [6.45, 7) is 5.45. The zero-order valence-corrected chi connectivity index (χ0v) is 17.8. The number of sulfonamides is 1. The molecule has 1 N–H and O–H groups in total. The Hall–Kier alpha value is -2.88. The summed E-state index contributed by atoms with van der Waals surface area (Å²) in [5.41, 5.74) is 3.65. The lowest BCUT2D eigenvalue weighted by Crippen LogP contribution is -2.30. The maximum atomic E-state index is 12.5. The van der Waals surface area contributed by atoms with E-state index in [4.69, 9.17) is 4.74 Å². The summed E-state index contributed by atoms with van der Waals surface area (Å²) < 4.78 is 31.9. The van der Waals surface area contributed by atoms with Crippen molar-refractivity contribution in [1.82, 2.24) is 9.78 Å². The third kappa shape index (κ3) is 4.12. The zero-order valence-electron chi connectivity index (χ0n) is 17.0. The molecule has 1 aromatic heterocycles. The number of hydrogen-bond acceptors (Lipinski definition) is 6. The van der Waals surface area contributed by atoms with E-state index >= 15 is 0 Å². The number of esters is 1. The topological polar surface area (TPSA) is 111 Å². The van der Waals surface area contributed by atoms with Gasteiger partial charge in [0.05, 0.1) is 34.6 Å². The lowest BCUT2D eigenvalue weighted by atomic mass is 10.1. The van der Waals surface area contributed by atoms with Crippen LogP contribution in [0.3, 0.4) is 0 Å². The van der Waals surface area contributed by atoms with Crippen LogP contribution in [0.4, 0.5) is 11.4 Å². The number of aromatic nitrogens is 2. The van der Waals surface area contributed by atoms with E-state index < -0.39 is 28.0 Å². The third-order valence-electron chi connectivity index (χ3n) is 4.98. The molecule has 1 atom stereocenters. The van der Waals surface area contributed by atoms with Crippen molar-refractivity contribution >= 4 is 33.3 Å². The SMILES string of the molecule is Cc1nn(C)c(C)c1NC(=O)[C@H](C)OC(=O)c1ccc2c(c1)CCN2S(C)(=O)=O. The molecule has 29 heavy (non-hydrogen) atoms. The number of carbonyl (C=O) groups excluding carboxylic acids is 2. The fourth-order valence-corrected chi connectivity index (χ4v) is 4.26. The van der Waals surface area contributed by atoms with Crippen LogP contribution < -0.4 is 9.62 Å². The van der Waals surface area contributed by atoms with E-state index in [1.165, 1.54) is 17.3 Å². The summed E-state index contributed by atoms with van der Waals surface area (Å²) in [5.74, 6) is -1.10. The summed E-state index contributed by atoms with van der Waals surface area (Å²) >= 11 is 0. The number of carbonyl (C=O) groups is 2. The van der Waals surface area contributed by atoms with Gasteiger partial charge in [0, 0.05) is 13.6 Å². The smallest absolute Gasteiger partial charge is 0.338 e. The first-order chi connectivity index (χ1) is 13.5. The van der Waals surface area contributed by atoms with Gasteiger partial charge in [-0.2, -0.15) is 5.10 Å². The molecule has 2 heterocycles. The first-order valence-corrected chi connectivity index (χ1v) is 11.0. The number of ether oxygens (including phenoxy) is 1. The Labute approximate surface area is 169 Å². The van der Waals surface area contributed by atoms with Gasteiger partial charge < -0.3 is 10.1 Å². The minimum Gasteiger partial charge on any atom is -0.449 e. The Morgan fingerprint density at radius 2 is 1.97 bits per heavy atom. The van der Waals surface area contributed by atoms with Crippen molar-refractivity contribution in [2.24, 2.45) is 7.05 Å². The van der Waals surface area contributed by atoms with E-state index in [9.17, 15) is 18.0 Å². The number of nitrogens with zero attached hydrogens (tertiary/aromatic N) is 3. The summed E-state index contributed by atoms with van der Waals surface area (Å²) in [7, 11) is -1.58. The molecule has 156 valence electrons. The lowest BCUT2D eigenvalue weighted by Gasteiger charge is -2.17. The number of fused-ring (bicyclic) bond motifs is 1. The fraction of sp³-hybridized carbons (Fsp3) is 0.421. The number of anilines is 2. The van der Waals surface area contributed by atoms with Crippen molar-refractivity contribution in [3.05, 3.63) is 40.7 Å². The minimum absolute atomic E-state index is 0.271. The molecule has 9 nitrogen and oxygen atoms in total. The van der Waals surface area contributed by atoms with E-state index in [0.717, 1.165) is 17.5 Å². The molecule has 0 saturated heterocycles. The first-order valence-electron chi connectivity index (χ1n) is 9.11. The van der Waals surface area contributed by atoms with Crippen molar-refractivity contribution in [1.29, 1.82) is 0 Å². The van der Waals surface area contributed by atoms with Crippen LogP contribution >= 0.6 is 0 Å². The van der Waals surface area contributed by atoms with Crippen molar-refractivity contribution in [2.45, 2.75) is 33.3 Å². The Morgan fingerprint density at radius 1 is 1.28 bits per heavy atom. The van der Waals surface area contributed by atoms with Crippen LogP contribution in [-0.4, -0.2) is 49.0 Å². The highest BCUT2D eigenvalue weighted by atomic mass is 32.2. The van der Waals surface area contributed by atoms with Gasteiger partial charge >= 0.3 is 5.97 Å². The lowest BCUT2D eigenvalue weighted by molar-refractivity contribution is -0.123. The van der Waals surface area contributed by atoms with Gasteiger partial charge in [0.2, 0.25) is 10.0 Å². The normalized spacial score (nSPS) is 14.4. The summed E-state index contributed by atoms with van der Waals surface area (Å²) in [6.07, 6.45) is 0.650. The second-order valence-corrected chi connectivity index (χ2v) is 9.04. The molecular weight excluding hydrogens is 396 g/mol. The molecule has 10 heteroatoms. The third-order valence-corrected chi connectivity index (χ3v) is 6.16. The van der Waals surface area contributed by atoms with Gasteiger partial charge in [0.15, 0.2) is 6.10 Å². The highest BCUT2D eigenvalue weighted by Crippen LogP contribution is 2.31. The summed E-state index contributed by atoms with van der Waals surface area (Å²) in [5, 5.41) is 6.98. The highest BCUT2D eigenvalue weighted by Gasteiger charge is 2.28. The van der Waals surface area contributed by atoms with Gasteiger partial charge in [0.1, 0.15) is 0 Å². The van der Waals surface area contributed by atoms with E-state index in [0.29, 0.717) is 30.0 Å². The highest BCUT2D eigenvalue weighted by molar-refractivity contribution is 7.92. The molecule has 0 aliphatic carbocycles. The van der Waals surface area contributed by atoms with Crippen LogP contribution in [0.25, 0.3) is 0 Å². The molecule has 1 aromatic carbocycles. The maximum absolute atomic E-state index is 12.5. The quantitative estimate of drug-likeness (QED) is 0.735. The van der Waals surface area contributed by atoms with Crippen LogP contribution in [-0.2, 0) is 33.0 Å².